The summed E-state index contributed by atoms with van der Waals surface area (Å²) in [7, 11) is -2.45. The Morgan fingerprint density at radius 3 is 2.33 bits per heavy atom. The minimum Gasteiger partial charge on any atom is -0.497 e. The number of ether oxygens (including phenoxy) is 3. The number of benzene rings is 1. The molecule has 0 spiro atoms. The minimum atomic E-state index is -3.96. The van der Waals surface area contributed by atoms with Crippen LogP contribution in [0.15, 0.2) is 36.4 Å². The molecule has 2 saturated carbocycles. The van der Waals surface area contributed by atoms with E-state index in [1.165, 1.54) is 12.0 Å². The molecule has 4 aliphatic rings. The Hall–Kier alpha value is -3.74. The lowest BCUT2D eigenvalue weighted by molar-refractivity contribution is -0.160. The summed E-state index contributed by atoms with van der Waals surface area (Å²) in [6.07, 6.45) is 5.87. The van der Waals surface area contributed by atoms with Crippen molar-refractivity contribution in [1.29, 1.82) is 0 Å². The molecule has 2 aliphatic carbocycles. The lowest BCUT2D eigenvalue weighted by Gasteiger charge is -2.32. The van der Waals surface area contributed by atoms with Gasteiger partial charge >= 0.3 is 11.9 Å². The van der Waals surface area contributed by atoms with Crippen LogP contribution in [0.5, 0.6) is 5.75 Å². The first-order valence-corrected chi connectivity index (χ1v) is 19.9. The van der Waals surface area contributed by atoms with Gasteiger partial charge in [-0.3, -0.25) is 23.9 Å². The van der Waals surface area contributed by atoms with E-state index in [1.807, 2.05) is 19.1 Å². The Morgan fingerprint density at radius 2 is 1.71 bits per heavy atom. The average Bonchev–Trinajstić information content (AvgIpc) is 3.94. The summed E-state index contributed by atoms with van der Waals surface area (Å²) in [5.41, 5.74) is -1.80. The van der Waals surface area contributed by atoms with Crippen molar-refractivity contribution in [3.05, 3.63) is 42.0 Å². The first kappa shape index (κ1) is 39.5. The first-order chi connectivity index (χ1) is 24.3. The Balaban J connectivity index is 1.47. The lowest BCUT2D eigenvalue weighted by Crippen LogP contribution is -2.48. The van der Waals surface area contributed by atoms with Crippen LogP contribution >= 0.6 is 0 Å². The number of hydrogen-bond acceptors (Lipinski definition) is 10. The number of nitrogens with one attached hydrogen (secondary N) is 1. The number of amides is 2. The van der Waals surface area contributed by atoms with Gasteiger partial charge in [0, 0.05) is 12.8 Å². The molecule has 1 aromatic rings. The van der Waals surface area contributed by atoms with Gasteiger partial charge in [-0.05, 0) is 108 Å². The minimum absolute atomic E-state index is 0.00894. The van der Waals surface area contributed by atoms with Crippen molar-refractivity contribution < 1.29 is 46.6 Å². The molecule has 7 atom stereocenters. The van der Waals surface area contributed by atoms with Crippen molar-refractivity contribution in [1.82, 2.24) is 9.62 Å². The second-order valence-electron chi connectivity index (χ2n) is 16.7. The summed E-state index contributed by atoms with van der Waals surface area (Å²) in [6, 6.07) is 5.31. The van der Waals surface area contributed by atoms with Gasteiger partial charge in [0.15, 0.2) is 5.78 Å². The normalized spacial score (nSPS) is 31.2. The summed E-state index contributed by atoms with van der Waals surface area (Å²) in [5, 5.41) is 0. The van der Waals surface area contributed by atoms with Crippen LogP contribution in [0, 0.1) is 29.1 Å². The van der Waals surface area contributed by atoms with Gasteiger partial charge in [0.25, 0.3) is 0 Å². The van der Waals surface area contributed by atoms with Gasteiger partial charge < -0.3 is 19.1 Å². The zero-order chi connectivity index (χ0) is 38.2. The highest BCUT2D eigenvalue weighted by Crippen LogP contribution is 2.57. The van der Waals surface area contributed by atoms with Crippen LogP contribution in [0.4, 0.5) is 0 Å². The van der Waals surface area contributed by atoms with Crippen LogP contribution in [0.2, 0.25) is 0 Å². The van der Waals surface area contributed by atoms with Crippen LogP contribution in [0.1, 0.15) is 110 Å². The molecule has 12 nitrogen and oxygen atoms in total. The maximum absolute atomic E-state index is 14.7. The molecule has 0 unspecified atom stereocenters. The molecular weight excluding hydrogens is 689 g/mol. The van der Waals surface area contributed by atoms with Gasteiger partial charge in [0.05, 0.1) is 47.8 Å². The Labute approximate surface area is 307 Å². The van der Waals surface area contributed by atoms with Crippen molar-refractivity contribution in [3.63, 3.8) is 0 Å². The molecule has 1 saturated heterocycles. The second-order valence-corrected chi connectivity index (χ2v) is 18.9. The van der Waals surface area contributed by atoms with Gasteiger partial charge in [-0.1, -0.05) is 26.0 Å². The molecule has 2 aliphatic heterocycles. The third-order valence-corrected chi connectivity index (χ3v) is 13.4. The van der Waals surface area contributed by atoms with Gasteiger partial charge in [-0.15, -0.1) is 0 Å². The number of sulfonamides is 1. The zero-order valence-corrected chi connectivity index (χ0v) is 32.3. The Kier molecular flexibility index (Phi) is 11.3. The molecule has 2 amide bonds. The third kappa shape index (κ3) is 8.89. The average molecular weight is 743 g/mol. The number of esters is 2. The van der Waals surface area contributed by atoms with Crippen molar-refractivity contribution in [2.45, 2.75) is 122 Å². The van der Waals surface area contributed by atoms with Crippen molar-refractivity contribution in [2.24, 2.45) is 29.1 Å². The summed E-state index contributed by atoms with van der Waals surface area (Å²) in [5.74, 6) is -3.40. The summed E-state index contributed by atoms with van der Waals surface area (Å²) in [4.78, 5) is 70.8. The van der Waals surface area contributed by atoms with Gasteiger partial charge in [-0.25, -0.2) is 13.2 Å². The van der Waals surface area contributed by atoms with Gasteiger partial charge in [0.1, 0.15) is 17.5 Å². The number of hydrogen-bond donors (Lipinski definition) is 1. The number of ketones is 1. The fourth-order valence-corrected chi connectivity index (χ4v) is 8.93. The molecule has 1 aromatic carbocycles. The van der Waals surface area contributed by atoms with Crippen molar-refractivity contribution in [2.75, 3.05) is 13.7 Å². The topological polar surface area (TPSA) is 162 Å². The molecule has 3 fully saturated rings. The van der Waals surface area contributed by atoms with E-state index in [0.29, 0.717) is 31.4 Å². The molecular formula is C39H54N2O10S. The Bertz CT molecular complexity index is 1690. The highest BCUT2D eigenvalue weighted by molar-refractivity contribution is 7.91. The maximum Gasteiger partial charge on any atom is 0.338 e. The number of rotatable bonds is 8. The zero-order valence-electron chi connectivity index (χ0n) is 31.4. The second kappa shape index (κ2) is 14.9. The molecule has 1 N–H and O–H groups in total. The van der Waals surface area contributed by atoms with Crippen LogP contribution < -0.4 is 9.46 Å². The summed E-state index contributed by atoms with van der Waals surface area (Å²) >= 11 is 0. The van der Waals surface area contributed by atoms with E-state index in [1.54, 1.807) is 52.0 Å². The highest BCUT2D eigenvalue weighted by Gasteiger charge is 2.62. The van der Waals surface area contributed by atoms with Crippen molar-refractivity contribution in [3.8, 4) is 5.75 Å². The van der Waals surface area contributed by atoms with Crippen LogP contribution in [0.3, 0.4) is 0 Å². The molecule has 52 heavy (non-hydrogen) atoms. The van der Waals surface area contributed by atoms with E-state index < -0.39 is 73.4 Å². The number of Topliss-reactive ketones (excluding diaryl/α,β-unsaturated/α-hetero) is 1. The fraction of sp³-hybridized carbons (Fsp3) is 0.667. The molecule has 5 rings (SSSR count). The smallest absolute Gasteiger partial charge is 0.338 e. The van der Waals surface area contributed by atoms with E-state index in [4.69, 9.17) is 14.2 Å². The van der Waals surface area contributed by atoms with E-state index >= 15 is 0 Å². The standard InChI is InChI=1S/C39H54N2O10S/c1-24-10-8-9-11-27-21-39(27,36(46)40-52(47,48)38(6)16-17-38)22-32(42)31-19-29(50-35(45)26-12-14-28(49-7)15-13-26)23-41(31)34(44)30(25(2)18-24)20-33(43)51-37(3,4)5/h9,11-15,24-25,27,29-31H,8,10,16-23H2,1-7H3,(H,40,46)/b11-9-/t24-,25-,27-,29-,30+,31+,39-/m1/s1. The molecule has 2 heterocycles. The van der Waals surface area contributed by atoms with E-state index in [2.05, 4.69) is 11.6 Å². The summed E-state index contributed by atoms with van der Waals surface area (Å²) < 4.78 is 44.2. The number of allylic oxidation sites excluding steroid dienone is 2. The quantitative estimate of drug-likeness (QED) is 0.279. The molecule has 0 aromatic heterocycles. The van der Waals surface area contributed by atoms with E-state index in [9.17, 15) is 32.4 Å². The largest absolute Gasteiger partial charge is 0.497 e. The molecule has 13 heteroatoms. The van der Waals surface area contributed by atoms with Crippen molar-refractivity contribution >= 4 is 39.6 Å². The number of fused-ring (bicyclic) bond motifs is 2. The summed E-state index contributed by atoms with van der Waals surface area (Å²) in [6.45, 7) is 10.8. The molecule has 286 valence electrons. The van der Waals surface area contributed by atoms with Gasteiger partial charge in [-0.2, -0.15) is 0 Å². The third-order valence-electron chi connectivity index (χ3n) is 11.2. The number of methoxy groups -OCH3 is 1. The van der Waals surface area contributed by atoms with Crippen LogP contribution in [-0.4, -0.2) is 79.0 Å². The number of nitrogens with zero attached hydrogens (tertiary/aromatic N) is 1. The van der Waals surface area contributed by atoms with Crippen LogP contribution in [0.25, 0.3) is 0 Å². The number of carbonyl (C=O) groups excluding carboxylic acids is 5. The van der Waals surface area contributed by atoms with E-state index in [-0.39, 0.29) is 55.5 Å². The SMILES string of the molecule is COc1ccc(C(=O)O[C@@H]2C[C@H]3C(=O)C[C@]4(C(=O)NS(=O)(=O)C5(C)CC5)C[C@H]4/C=C\CC[C@@H](C)C[C@@H](C)[C@H](CC(=O)OC(C)(C)C)C(=O)N3C2)cc1. The monoisotopic (exact) mass is 742 g/mol. The lowest BCUT2D eigenvalue weighted by atomic mass is 9.82. The number of carbonyl (C=O) groups is 5. The van der Waals surface area contributed by atoms with Crippen LogP contribution in [-0.2, 0) is 38.7 Å². The molecule has 0 bridgehead atoms. The van der Waals surface area contributed by atoms with E-state index in [0.717, 1.165) is 6.42 Å². The fourth-order valence-electron chi connectivity index (χ4n) is 7.59. The molecule has 0 radical (unpaired) electrons. The predicted octanol–water partition coefficient (Wildman–Crippen LogP) is 5.15. The van der Waals surface area contributed by atoms with Gasteiger partial charge in [0.2, 0.25) is 21.8 Å². The Morgan fingerprint density at radius 1 is 1.04 bits per heavy atom. The predicted molar refractivity (Wildman–Crippen MR) is 192 cm³/mol. The highest BCUT2D eigenvalue weighted by atomic mass is 32.2. The first-order valence-electron chi connectivity index (χ1n) is 18.4. The maximum atomic E-state index is 14.7.